The largest absolute Gasteiger partial charge is 0.412 e. The van der Waals surface area contributed by atoms with Crippen LogP contribution in [-0.4, -0.2) is 22.8 Å². The molecule has 1 saturated heterocycles. The predicted octanol–water partition coefficient (Wildman–Crippen LogP) is 5.50. The SMILES string of the molecule is Cc1cc(C)cc(CC(=O)N2CCCCC2c2ccc(Cl)c(Cl)c2)c1.Cl.O. The molecule has 1 heterocycles. The van der Waals surface area contributed by atoms with Gasteiger partial charge in [0.05, 0.1) is 22.5 Å². The van der Waals surface area contributed by atoms with Crippen molar-refractivity contribution in [3.05, 3.63) is 68.7 Å². The van der Waals surface area contributed by atoms with Gasteiger partial charge in [-0.15, -0.1) is 12.4 Å². The summed E-state index contributed by atoms with van der Waals surface area (Å²) < 4.78 is 0. The van der Waals surface area contributed by atoms with Crippen LogP contribution in [-0.2, 0) is 11.2 Å². The molecule has 1 atom stereocenters. The first-order valence-electron chi connectivity index (χ1n) is 8.75. The third kappa shape index (κ3) is 5.86. The Balaban J connectivity index is 0.00000182. The molecular weight excluding hydrogens is 405 g/mol. The summed E-state index contributed by atoms with van der Waals surface area (Å²) in [5.74, 6) is 0.181. The standard InChI is InChI=1S/C21H23Cl2NO.ClH.H2O/c1-14-9-15(2)11-16(10-14)12-21(25)24-8-4-3-5-20(24)17-6-7-18(22)19(23)13-17;;/h6-7,9-11,13,20H,3-5,8,12H2,1-2H3;1H;1H2. The molecule has 2 aromatic carbocycles. The second kappa shape index (κ2) is 10.3. The van der Waals surface area contributed by atoms with E-state index in [0.717, 1.165) is 36.9 Å². The van der Waals surface area contributed by atoms with Gasteiger partial charge < -0.3 is 10.4 Å². The molecule has 1 unspecified atom stereocenters. The van der Waals surface area contributed by atoms with E-state index in [4.69, 9.17) is 23.2 Å². The summed E-state index contributed by atoms with van der Waals surface area (Å²) in [6, 6.07) is 12.1. The van der Waals surface area contributed by atoms with Crippen LogP contribution in [0.15, 0.2) is 36.4 Å². The van der Waals surface area contributed by atoms with Gasteiger partial charge in [0.2, 0.25) is 5.91 Å². The fourth-order valence-electron chi connectivity index (χ4n) is 3.74. The number of halogens is 3. The molecular formula is C21H26Cl3NO2. The maximum absolute atomic E-state index is 13.0. The zero-order chi connectivity index (χ0) is 18.0. The maximum Gasteiger partial charge on any atom is 0.227 e. The van der Waals surface area contributed by atoms with Crippen molar-refractivity contribution in [1.82, 2.24) is 4.90 Å². The van der Waals surface area contributed by atoms with Crippen LogP contribution in [0.4, 0.5) is 0 Å². The van der Waals surface area contributed by atoms with E-state index >= 15 is 0 Å². The van der Waals surface area contributed by atoms with E-state index in [9.17, 15) is 4.79 Å². The Hall–Kier alpha value is -1.26. The summed E-state index contributed by atoms with van der Waals surface area (Å²) in [4.78, 5) is 15.0. The minimum atomic E-state index is 0. The Morgan fingerprint density at radius 2 is 1.70 bits per heavy atom. The van der Waals surface area contributed by atoms with Gasteiger partial charge in [-0.05, 0) is 56.4 Å². The molecule has 0 radical (unpaired) electrons. The Kier molecular flexibility index (Phi) is 9.10. The number of amides is 1. The number of aryl methyl sites for hydroxylation is 2. The highest BCUT2D eigenvalue weighted by Crippen LogP contribution is 2.34. The van der Waals surface area contributed by atoms with E-state index in [1.165, 1.54) is 11.1 Å². The molecule has 0 bridgehead atoms. The van der Waals surface area contributed by atoms with Gasteiger partial charge >= 0.3 is 0 Å². The van der Waals surface area contributed by atoms with E-state index in [2.05, 4.69) is 32.0 Å². The van der Waals surface area contributed by atoms with Gasteiger partial charge in [0.25, 0.3) is 0 Å². The summed E-state index contributed by atoms with van der Waals surface area (Å²) in [6.45, 7) is 4.94. The van der Waals surface area contributed by atoms with Crippen molar-refractivity contribution in [2.24, 2.45) is 0 Å². The molecule has 1 amide bonds. The molecule has 3 nitrogen and oxygen atoms in total. The lowest BCUT2D eigenvalue weighted by Gasteiger charge is -2.36. The van der Waals surface area contributed by atoms with Crippen molar-refractivity contribution in [1.29, 1.82) is 0 Å². The van der Waals surface area contributed by atoms with E-state index in [0.29, 0.717) is 16.5 Å². The Labute approximate surface area is 177 Å². The van der Waals surface area contributed by atoms with Crippen molar-refractivity contribution in [2.75, 3.05) is 6.54 Å². The first-order chi connectivity index (χ1) is 11.9. The van der Waals surface area contributed by atoms with Crippen LogP contribution >= 0.6 is 35.6 Å². The third-order valence-electron chi connectivity index (χ3n) is 4.79. The van der Waals surface area contributed by atoms with Crippen LogP contribution in [0.25, 0.3) is 0 Å². The second-order valence-electron chi connectivity index (χ2n) is 6.94. The highest BCUT2D eigenvalue weighted by Gasteiger charge is 2.28. The molecule has 0 aliphatic carbocycles. The lowest BCUT2D eigenvalue weighted by Crippen LogP contribution is -2.39. The number of hydrogen-bond acceptors (Lipinski definition) is 1. The van der Waals surface area contributed by atoms with E-state index in [1.54, 1.807) is 0 Å². The van der Waals surface area contributed by atoms with Crippen molar-refractivity contribution in [3.8, 4) is 0 Å². The quantitative estimate of drug-likeness (QED) is 0.634. The first-order valence-corrected chi connectivity index (χ1v) is 9.51. The van der Waals surface area contributed by atoms with E-state index in [-0.39, 0.29) is 29.8 Å². The van der Waals surface area contributed by atoms with Crippen LogP contribution < -0.4 is 0 Å². The minimum absolute atomic E-state index is 0. The average Bonchev–Trinajstić information content (AvgIpc) is 2.56. The topological polar surface area (TPSA) is 51.8 Å². The fraction of sp³-hybridized carbons (Fsp3) is 0.381. The number of hydrogen-bond donors (Lipinski definition) is 0. The Bertz CT molecular complexity index is 775. The Morgan fingerprint density at radius 3 is 2.33 bits per heavy atom. The average molecular weight is 431 g/mol. The maximum atomic E-state index is 13.0. The third-order valence-corrected chi connectivity index (χ3v) is 5.53. The summed E-state index contributed by atoms with van der Waals surface area (Å²) in [6.07, 6.45) is 3.59. The fourth-order valence-corrected chi connectivity index (χ4v) is 4.05. The zero-order valence-electron chi connectivity index (χ0n) is 15.6. The number of piperidine rings is 1. The summed E-state index contributed by atoms with van der Waals surface area (Å²) in [7, 11) is 0. The molecule has 0 spiro atoms. The molecule has 6 heteroatoms. The van der Waals surface area contributed by atoms with Crippen LogP contribution in [0, 0.1) is 13.8 Å². The molecule has 2 aromatic rings. The van der Waals surface area contributed by atoms with Crippen molar-refractivity contribution in [2.45, 2.75) is 45.6 Å². The summed E-state index contributed by atoms with van der Waals surface area (Å²) >= 11 is 12.2. The molecule has 1 aliphatic heterocycles. The predicted molar refractivity (Wildman–Crippen MR) is 115 cm³/mol. The summed E-state index contributed by atoms with van der Waals surface area (Å²) in [5.41, 5.74) is 4.55. The van der Waals surface area contributed by atoms with E-state index in [1.807, 2.05) is 23.1 Å². The second-order valence-corrected chi connectivity index (χ2v) is 7.76. The van der Waals surface area contributed by atoms with E-state index < -0.39 is 0 Å². The molecule has 3 rings (SSSR count). The van der Waals surface area contributed by atoms with Gasteiger partial charge in [-0.2, -0.15) is 0 Å². The number of rotatable bonds is 3. The normalized spacial score (nSPS) is 16.3. The number of carbonyl (C=O) groups excluding carboxylic acids is 1. The minimum Gasteiger partial charge on any atom is -0.412 e. The lowest BCUT2D eigenvalue weighted by molar-refractivity contribution is -0.134. The monoisotopic (exact) mass is 429 g/mol. The highest BCUT2D eigenvalue weighted by molar-refractivity contribution is 6.42. The van der Waals surface area contributed by atoms with Crippen molar-refractivity contribution < 1.29 is 10.3 Å². The molecule has 27 heavy (non-hydrogen) atoms. The molecule has 148 valence electrons. The number of nitrogens with zero attached hydrogens (tertiary/aromatic N) is 1. The van der Waals surface area contributed by atoms with Gasteiger partial charge in [-0.1, -0.05) is 58.6 Å². The summed E-state index contributed by atoms with van der Waals surface area (Å²) in [5, 5.41) is 1.10. The smallest absolute Gasteiger partial charge is 0.227 e. The number of benzene rings is 2. The van der Waals surface area contributed by atoms with Crippen LogP contribution in [0.2, 0.25) is 10.0 Å². The van der Waals surface area contributed by atoms with Crippen LogP contribution in [0.5, 0.6) is 0 Å². The molecule has 0 saturated carbocycles. The first kappa shape index (κ1) is 23.8. The van der Waals surface area contributed by atoms with Gasteiger partial charge in [0.15, 0.2) is 0 Å². The van der Waals surface area contributed by atoms with Crippen LogP contribution in [0.3, 0.4) is 0 Å². The lowest BCUT2D eigenvalue weighted by atomic mass is 9.94. The van der Waals surface area contributed by atoms with Crippen molar-refractivity contribution >= 4 is 41.5 Å². The molecule has 0 aromatic heterocycles. The highest BCUT2D eigenvalue weighted by atomic mass is 35.5. The Morgan fingerprint density at radius 1 is 1.04 bits per heavy atom. The van der Waals surface area contributed by atoms with Gasteiger partial charge in [-0.3, -0.25) is 4.79 Å². The van der Waals surface area contributed by atoms with Gasteiger partial charge in [0.1, 0.15) is 0 Å². The molecule has 1 aliphatic rings. The zero-order valence-corrected chi connectivity index (χ0v) is 17.9. The van der Waals surface area contributed by atoms with Crippen molar-refractivity contribution in [3.63, 3.8) is 0 Å². The molecule has 2 N–H and O–H groups in total. The molecule has 1 fully saturated rings. The van der Waals surface area contributed by atoms with Crippen LogP contribution in [0.1, 0.15) is 47.6 Å². The van der Waals surface area contributed by atoms with Gasteiger partial charge in [-0.25, -0.2) is 0 Å². The number of carbonyl (C=O) groups is 1. The van der Waals surface area contributed by atoms with Gasteiger partial charge in [0, 0.05) is 6.54 Å². The number of likely N-dealkylation sites (tertiary alicyclic amines) is 1.